The van der Waals surface area contributed by atoms with Crippen molar-refractivity contribution < 1.29 is 9.72 Å². The van der Waals surface area contributed by atoms with Crippen LogP contribution in [0.15, 0.2) is 12.4 Å². The third kappa shape index (κ3) is 3.34. The number of carbonyl (C=O) groups is 1. The van der Waals surface area contributed by atoms with Crippen LogP contribution in [-0.2, 0) is 11.3 Å². The van der Waals surface area contributed by atoms with Crippen LogP contribution in [-0.4, -0.2) is 39.6 Å². The molecule has 0 atom stereocenters. The first-order valence-electron chi connectivity index (χ1n) is 4.87. The van der Waals surface area contributed by atoms with Crippen LogP contribution in [0.3, 0.4) is 0 Å². The fraction of sp³-hybridized carbons (Fsp3) is 0.556. The van der Waals surface area contributed by atoms with Crippen molar-refractivity contribution in [2.45, 2.75) is 19.4 Å². The molecular weight excluding hydrogens is 212 g/mol. The number of nitrogens with zero attached hydrogens (tertiary/aromatic N) is 4. The quantitative estimate of drug-likeness (QED) is 0.545. The molecule has 0 aliphatic carbocycles. The molecule has 16 heavy (non-hydrogen) atoms. The summed E-state index contributed by atoms with van der Waals surface area (Å²) in [6.45, 7) is 0.507. The van der Waals surface area contributed by atoms with E-state index in [1.807, 2.05) is 0 Å². The Bertz CT molecular complexity index is 386. The number of hydrogen-bond acceptors (Lipinski definition) is 4. The SMILES string of the molecule is CN(C)C(=O)CCCn1cc([N+](=O)[O-])cn1. The van der Waals surface area contributed by atoms with Gasteiger partial charge < -0.3 is 4.90 Å². The molecule has 0 aromatic carbocycles. The van der Waals surface area contributed by atoms with Gasteiger partial charge >= 0.3 is 5.69 Å². The van der Waals surface area contributed by atoms with Gasteiger partial charge in [-0.3, -0.25) is 19.6 Å². The smallest absolute Gasteiger partial charge is 0.306 e. The van der Waals surface area contributed by atoms with Gasteiger partial charge in [-0.1, -0.05) is 0 Å². The number of carbonyl (C=O) groups excluding carboxylic acids is 1. The van der Waals surface area contributed by atoms with Crippen LogP contribution in [0, 0.1) is 10.1 Å². The maximum absolute atomic E-state index is 11.2. The van der Waals surface area contributed by atoms with Gasteiger partial charge in [-0.2, -0.15) is 5.10 Å². The Morgan fingerprint density at radius 3 is 2.81 bits per heavy atom. The van der Waals surface area contributed by atoms with Gasteiger partial charge in [0.2, 0.25) is 5.91 Å². The summed E-state index contributed by atoms with van der Waals surface area (Å²) in [5.41, 5.74) is -0.0288. The van der Waals surface area contributed by atoms with Gasteiger partial charge in [0.1, 0.15) is 12.4 Å². The number of amides is 1. The van der Waals surface area contributed by atoms with E-state index >= 15 is 0 Å². The maximum atomic E-state index is 11.2. The van der Waals surface area contributed by atoms with Gasteiger partial charge in [0.15, 0.2) is 0 Å². The van der Waals surface area contributed by atoms with Crippen LogP contribution < -0.4 is 0 Å². The zero-order valence-electron chi connectivity index (χ0n) is 9.29. The minimum absolute atomic E-state index is 0.0288. The van der Waals surface area contributed by atoms with Crippen molar-refractivity contribution >= 4 is 11.6 Å². The summed E-state index contributed by atoms with van der Waals surface area (Å²) < 4.78 is 1.47. The molecule has 88 valence electrons. The molecule has 0 bridgehead atoms. The molecule has 0 N–H and O–H groups in total. The standard InChI is InChI=1S/C9H14N4O3/c1-11(2)9(14)4-3-5-12-7-8(6-10-12)13(15)16/h6-7H,3-5H2,1-2H3. The van der Waals surface area contributed by atoms with Gasteiger partial charge in [-0.05, 0) is 6.42 Å². The summed E-state index contributed by atoms with van der Waals surface area (Å²) in [4.78, 5) is 22.6. The molecular formula is C9H14N4O3. The molecule has 1 rings (SSSR count). The largest absolute Gasteiger partial charge is 0.349 e. The zero-order chi connectivity index (χ0) is 12.1. The average molecular weight is 226 g/mol. The number of aromatic nitrogens is 2. The molecule has 0 unspecified atom stereocenters. The third-order valence-corrected chi connectivity index (χ3v) is 2.11. The molecule has 1 heterocycles. The molecule has 0 aliphatic heterocycles. The lowest BCUT2D eigenvalue weighted by molar-refractivity contribution is -0.385. The van der Waals surface area contributed by atoms with E-state index in [4.69, 9.17) is 0 Å². The number of aryl methyl sites for hydroxylation is 1. The number of rotatable bonds is 5. The topological polar surface area (TPSA) is 81.3 Å². The van der Waals surface area contributed by atoms with Gasteiger partial charge in [-0.25, -0.2) is 0 Å². The van der Waals surface area contributed by atoms with Crippen LogP contribution in [0.25, 0.3) is 0 Å². The minimum atomic E-state index is -0.492. The van der Waals surface area contributed by atoms with Crippen LogP contribution >= 0.6 is 0 Å². The van der Waals surface area contributed by atoms with Crippen LogP contribution in [0.2, 0.25) is 0 Å². The molecule has 7 nitrogen and oxygen atoms in total. The first kappa shape index (κ1) is 12.2. The predicted octanol–water partition coefficient (Wildman–Crippen LogP) is 0.660. The summed E-state index contributed by atoms with van der Waals surface area (Å²) in [6, 6.07) is 0. The summed E-state index contributed by atoms with van der Waals surface area (Å²) in [5.74, 6) is 0.0432. The van der Waals surface area contributed by atoms with E-state index in [1.54, 1.807) is 14.1 Å². The van der Waals surface area contributed by atoms with E-state index in [1.165, 1.54) is 22.0 Å². The fourth-order valence-electron chi connectivity index (χ4n) is 1.19. The Morgan fingerprint density at radius 2 is 2.31 bits per heavy atom. The van der Waals surface area contributed by atoms with Crippen molar-refractivity contribution in [2.75, 3.05) is 14.1 Å². The second-order valence-electron chi connectivity index (χ2n) is 3.61. The summed E-state index contributed by atoms with van der Waals surface area (Å²) >= 11 is 0. The van der Waals surface area contributed by atoms with Gasteiger partial charge in [0.25, 0.3) is 0 Å². The van der Waals surface area contributed by atoms with Crippen LogP contribution in [0.4, 0.5) is 5.69 Å². The second kappa shape index (κ2) is 5.24. The van der Waals surface area contributed by atoms with E-state index in [-0.39, 0.29) is 11.6 Å². The van der Waals surface area contributed by atoms with E-state index in [9.17, 15) is 14.9 Å². The Kier molecular flexibility index (Phi) is 3.98. The molecule has 0 spiro atoms. The van der Waals surface area contributed by atoms with E-state index < -0.39 is 4.92 Å². The predicted molar refractivity (Wildman–Crippen MR) is 56.8 cm³/mol. The Morgan fingerprint density at radius 1 is 1.62 bits per heavy atom. The monoisotopic (exact) mass is 226 g/mol. The summed E-state index contributed by atoms with van der Waals surface area (Å²) in [6.07, 6.45) is 3.60. The van der Waals surface area contributed by atoms with Crippen molar-refractivity contribution in [1.29, 1.82) is 0 Å². The lowest BCUT2D eigenvalue weighted by Gasteiger charge is -2.09. The van der Waals surface area contributed by atoms with E-state index in [0.29, 0.717) is 19.4 Å². The van der Waals surface area contributed by atoms with Crippen molar-refractivity contribution in [3.05, 3.63) is 22.5 Å². The number of nitro groups is 1. The normalized spacial score (nSPS) is 10.1. The molecule has 7 heteroatoms. The molecule has 1 aromatic heterocycles. The Balaban J connectivity index is 2.37. The molecule has 0 saturated carbocycles. The molecule has 0 aliphatic rings. The highest BCUT2D eigenvalue weighted by Gasteiger charge is 2.09. The molecule has 1 aromatic rings. The van der Waals surface area contributed by atoms with E-state index in [2.05, 4.69) is 5.10 Å². The van der Waals surface area contributed by atoms with Gasteiger partial charge in [0.05, 0.1) is 4.92 Å². The van der Waals surface area contributed by atoms with Crippen molar-refractivity contribution in [3.8, 4) is 0 Å². The van der Waals surface area contributed by atoms with Crippen molar-refractivity contribution in [2.24, 2.45) is 0 Å². The minimum Gasteiger partial charge on any atom is -0.349 e. The summed E-state index contributed by atoms with van der Waals surface area (Å²) in [5, 5.41) is 14.2. The number of hydrogen-bond donors (Lipinski definition) is 0. The molecule has 1 amide bonds. The Hall–Kier alpha value is -1.92. The lowest BCUT2D eigenvalue weighted by atomic mass is 10.3. The third-order valence-electron chi connectivity index (χ3n) is 2.11. The van der Waals surface area contributed by atoms with Gasteiger partial charge in [0, 0.05) is 27.1 Å². The van der Waals surface area contributed by atoms with Crippen molar-refractivity contribution in [1.82, 2.24) is 14.7 Å². The average Bonchev–Trinajstić information content (AvgIpc) is 2.66. The highest BCUT2D eigenvalue weighted by Crippen LogP contribution is 2.08. The lowest BCUT2D eigenvalue weighted by Crippen LogP contribution is -2.21. The molecule has 0 saturated heterocycles. The Labute approximate surface area is 92.8 Å². The zero-order valence-corrected chi connectivity index (χ0v) is 9.29. The summed E-state index contributed by atoms with van der Waals surface area (Å²) in [7, 11) is 3.39. The van der Waals surface area contributed by atoms with Crippen LogP contribution in [0.1, 0.15) is 12.8 Å². The second-order valence-corrected chi connectivity index (χ2v) is 3.61. The van der Waals surface area contributed by atoms with Crippen molar-refractivity contribution in [3.63, 3.8) is 0 Å². The molecule has 0 fully saturated rings. The molecule has 0 radical (unpaired) electrons. The first-order valence-corrected chi connectivity index (χ1v) is 4.87. The maximum Gasteiger partial charge on any atom is 0.306 e. The highest BCUT2D eigenvalue weighted by atomic mass is 16.6. The van der Waals surface area contributed by atoms with E-state index in [0.717, 1.165) is 0 Å². The highest BCUT2D eigenvalue weighted by molar-refractivity contribution is 5.75. The van der Waals surface area contributed by atoms with Crippen LogP contribution in [0.5, 0.6) is 0 Å². The van der Waals surface area contributed by atoms with Gasteiger partial charge in [-0.15, -0.1) is 0 Å². The first-order chi connectivity index (χ1) is 7.50. The fourth-order valence-corrected chi connectivity index (χ4v) is 1.19.